The van der Waals surface area contributed by atoms with Crippen molar-refractivity contribution in [2.24, 2.45) is 5.10 Å². The highest BCUT2D eigenvalue weighted by molar-refractivity contribution is 7.80. The summed E-state index contributed by atoms with van der Waals surface area (Å²) in [7, 11) is 0. The summed E-state index contributed by atoms with van der Waals surface area (Å²) in [5.74, 6) is 0. The third kappa shape index (κ3) is 5.85. The van der Waals surface area contributed by atoms with Crippen LogP contribution < -0.4 is 10.7 Å². The minimum absolute atomic E-state index is 0.111. The molecule has 1 atom stereocenters. The molecule has 0 unspecified atom stereocenters. The van der Waals surface area contributed by atoms with Gasteiger partial charge in [0.25, 0.3) is 0 Å². The summed E-state index contributed by atoms with van der Waals surface area (Å²) in [6.45, 7) is 6.00. The molecule has 0 spiro atoms. The summed E-state index contributed by atoms with van der Waals surface area (Å²) in [6, 6.07) is 20.7. The number of hydrogen-bond acceptors (Lipinski definition) is 4. The molecule has 0 radical (unpaired) electrons. The second-order valence-electron chi connectivity index (χ2n) is 6.49. The number of nitrogens with zero attached hydrogens (tertiary/aromatic N) is 2. The van der Waals surface area contributed by atoms with Crippen LogP contribution in [0.5, 0.6) is 0 Å². The smallest absolute Gasteiger partial charge is 0.187 e. The van der Waals surface area contributed by atoms with Gasteiger partial charge in [0.2, 0.25) is 0 Å². The van der Waals surface area contributed by atoms with E-state index in [2.05, 4.69) is 57.1 Å². The molecule has 142 valence electrons. The van der Waals surface area contributed by atoms with Crippen molar-refractivity contribution in [2.45, 2.75) is 19.5 Å². The van der Waals surface area contributed by atoms with Gasteiger partial charge in [-0.05, 0) is 30.3 Å². The molecular weight excluding hydrogens is 356 g/mol. The highest BCUT2D eigenvalue weighted by Crippen LogP contribution is 2.23. The van der Waals surface area contributed by atoms with Crippen LogP contribution in [-0.2, 0) is 11.3 Å². The van der Waals surface area contributed by atoms with Crippen molar-refractivity contribution in [2.75, 3.05) is 26.3 Å². The van der Waals surface area contributed by atoms with Crippen molar-refractivity contribution >= 4 is 23.0 Å². The first-order valence-corrected chi connectivity index (χ1v) is 9.63. The molecule has 6 heteroatoms. The lowest BCUT2D eigenvalue weighted by molar-refractivity contribution is 0.0285. The summed E-state index contributed by atoms with van der Waals surface area (Å²) >= 11 is 5.37. The highest BCUT2D eigenvalue weighted by atomic mass is 32.1. The van der Waals surface area contributed by atoms with Gasteiger partial charge in [0, 0.05) is 19.6 Å². The van der Waals surface area contributed by atoms with Crippen LogP contribution >= 0.6 is 12.2 Å². The zero-order valence-corrected chi connectivity index (χ0v) is 16.4. The van der Waals surface area contributed by atoms with Gasteiger partial charge in [0.05, 0.1) is 25.0 Å². The fourth-order valence-electron chi connectivity index (χ4n) is 3.21. The van der Waals surface area contributed by atoms with Crippen molar-refractivity contribution in [3.8, 4) is 0 Å². The minimum Gasteiger partial charge on any atom is -0.379 e. The fraction of sp³-hybridized carbons (Fsp3) is 0.333. The Morgan fingerprint density at radius 2 is 1.70 bits per heavy atom. The van der Waals surface area contributed by atoms with E-state index in [1.54, 1.807) is 0 Å². The zero-order chi connectivity index (χ0) is 18.9. The molecule has 2 aromatic rings. The van der Waals surface area contributed by atoms with Gasteiger partial charge in [-0.15, -0.1) is 0 Å². The van der Waals surface area contributed by atoms with Crippen LogP contribution in [0, 0.1) is 0 Å². The number of hydrazone groups is 1. The zero-order valence-electron chi connectivity index (χ0n) is 15.6. The van der Waals surface area contributed by atoms with Crippen LogP contribution in [0.2, 0.25) is 0 Å². The number of thiocarbonyl (C=S) groups is 1. The first-order chi connectivity index (χ1) is 13.2. The van der Waals surface area contributed by atoms with E-state index in [1.807, 2.05) is 31.2 Å². The predicted molar refractivity (Wildman–Crippen MR) is 114 cm³/mol. The summed E-state index contributed by atoms with van der Waals surface area (Å²) in [5, 5.41) is 8.28. The van der Waals surface area contributed by atoms with Crippen LogP contribution in [0.15, 0.2) is 65.8 Å². The number of benzene rings is 2. The maximum atomic E-state index is 5.51. The van der Waals surface area contributed by atoms with E-state index in [0.29, 0.717) is 11.7 Å². The number of rotatable bonds is 6. The maximum Gasteiger partial charge on any atom is 0.187 e. The number of morpholine rings is 1. The Bertz CT molecular complexity index is 745. The Labute approximate surface area is 166 Å². The third-order valence-electron chi connectivity index (χ3n) is 4.55. The lowest BCUT2D eigenvalue weighted by Crippen LogP contribution is -2.42. The lowest BCUT2D eigenvalue weighted by Gasteiger charge is -2.34. The summed E-state index contributed by atoms with van der Waals surface area (Å²) in [5.41, 5.74) is 6.38. The Kier molecular flexibility index (Phi) is 7.33. The molecule has 1 heterocycles. The van der Waals surface area contributed by atoms with Crippen LogP contribution in [0.1, 0.15) is 24.1 Å². The summed E-state index contributed by atoms with van der Waals surface area (Å²) < 4.78 is 5.51. The molecule has 27 heavy (non-hydrogen) atoms. The van der Waals surface area contributed by atoms with Crippen molar-refractivity contribution in [3.05, 3.63) is 71.8 Å². The van der Waals surface area contributed by atoms with Gasteiger partial charge < -0.3 is 10.1 Å². The number of hydrogen-bond donors (Lipinski definition) is 2. The molecule has 1 aliphatic heterocycles. The number of nitrogens with one attached hydrogen (secondary N) is 2. The Hall–Kier alpha value is -2.28. The molecule has 1 aliphatic rings. The van der Waals surface area contributed by atoms with Crippen LogP contribution in [0.3, 0.4) is 0 Å². The summed E-state index contributed by atoms with van der Waals surface area (Å²) in [4.78, 5) is 2.40. The van der Waals surface area contributed by atoms with Crippen molar-refractivity contribution < 1.29 is 4.74 Å². The largest absolute Gasteiger partial charge is 0.379 e. The van der Waals surface area contributed by atoms with E-state index in [4.69, 9.17) is 17.0 Å². The van der Waals surface area contributed by atoms with E-state index in [0.717, 1.165) is 32.0 Å². The molecule has 0 saturated carbocycles. The van der Waals surface area contributed by atoms with Crippen LogP contribution in [0.4, 0.5) is 0 Å². The average Bonchev–Trinajstić information content (AvgIpc) is 2.73. The standard InChI is InChI=1S/C21H26N4OS/c1-17(23-24-21(27)22-16-18-8-4-2-5-9-18)20(19-10-6-3-7-11-19)25-12-14-26-15-13-25/h2-11,20H,12-16H2,1H3,(H2,22,24,27)/b23-17-/t20-/m1/s1. The Morgan fingerprint density at radius 3 is 2.37 bits per heavy atom. The molecule has 5 nitrogen and oxygen atoms in total. The van der Waals surface area contributed by atoms with Gasteiger partial charge >= 0.3 is 0 Å². The first-order valence-electron chi connectivity index (χ1n) is 9.23. The molecule has 0 aromatic heterocycles. The van der Waals surface area contributed by atoms with Crippen molar-refractivity contribution in [1.29, 1.82) is 0 Å². The van der Waals surface area contributed by atoms with E-state index >= 15 is 0 Å². The van der Waals surface area contributed by atoms with Crippen LogP contribution in [-0.4, -0.2) is 42.0 Å². The molecule has 2 aromatic carbocycles. The first kappa shape index (κ1) is 19.5. The van der Waals surface area contributed by atoms with Gasteiger partial charge in [0.1, 0.15) is 0 Å². The molecule has 0 amide bonds. The molecular formula is C21H26N4OS. The Balaban J connectivity index is 1.63. The second kappa shape index (κ2) is 10.2. The summed E-state index contributed by atoms with van der Waals surface area (Å²) in [6.07, 6.45) is 0. The average molecular weight is 383 g/mol. The third-order valence-corrected chi connectivity index (χ3v) is 4.79. The van der Waals surface area contributed by atoms with Crippen molar-refractivity contribution in [1.82, 2.24) is 15.6 Å². The van der Waals surface area contributed by atoms with Crippen LogP contribution in [0.25, 0.3) is 0 Å². The minimum atomic E-state index is 0.111. The van der Waals surface area contributed by atoms with E-state index in [1.165, 1.54) is 11.1 Å². The molecule has 0 aliphatic carbocycles. The molecule has 3 rings (SSSR count). The molecule has 1 saturated heterocycles. The monoisotopic (exact) mass is 382 g/mol. The maximum absolute atomic E-state index is 5.51. The van der Waals surface area contributed by atoms with Gasteiger partial charge in [-0.1, -0.05) is 60.7 Å². The van der Waals surface area contributed by atoms with Gasteiger partial charge in [0.15, 0.2) is 5.11 Å². The van der Waals surface area contributed by atoms with E-state index in [-0.39, 0.29) is 6.04 Å². The molecule has 1 fully saturated rings. The second-order valence-corrected chi connectivity index (χ2v) is 6.90. The molecule has 2 N–H and O–H groups in total. The Morgan fingerprint density at radius 1 is 1.07 bits per heavy atom. The van der Waals surface area contributed by atoms with Gasteiger partial charge in [-0.3, -0.25) is 10.3 Å². The van der Waals surface area contributed by atoms with Crippen molar-refractivity contribution in [3.63, 3.8) is 0 Å². The SMILES string of the molecule is C/C(=N/NC(=S)NCc1ccccc1)[C@H](c1ccccc1)N1CCOCC1. The predicted octanol–water partition coefficient (Wildman–Crippen LogP) is 3.10. The van der Waals surface area contributed by atoms with Gasteiger partial charge in [-0.25, -0.2) is 0 Å². The topological polar surface area (TPSA) is 48.9 Å². The quantitative estimate of drug-likeness (QED) is 0.457. The van der Waals surface area contributed by atoms with Gasteiger partial charge in [-0.2, -0.15) is 5.10 Å². The number of ether oxygens (including phenoxy) is 1. The fourth-order valence-corrected chi connectivity index (χ4v) is 3.32. The van der Waals surface area contributed by atoms with E-state index < -0.39 is 0 Å². The molecule has 0 bridgehead atoms. The highest BCUT2D eigenvalue weighted by Gasteiger charge is 2.25. The normalized spacial score (nSPS) is 16.6. The van der Waals surface area contributed by atoms with E-state index in [9.17, 15) is 0 Å². The lowest BCUT2D eigenvalue weighted by atomic mass is 10.0.